The molecule has 0 aromatic heterocycles. The van der Waals surface area contributed by atoms with Crippen LogP contribution in [0, 0.1) is 0 Å². The largest absolute Gasteiger partial charge is 0.497 e. The number of benzene rings is 4. The first kappa shape index (κ1) is 20.1. The second-order valence-corrected chi connectivity index (χ2v) is 7.97. The van der Waals surface area contributed by atoms with Crippen molar-refractivity contribution in [3.05, 3.63) is 101 Å². The predicted molar refractivity (Wildman–Crippen MR) is 128 cm³/mol. The van der Waals surface area contributed by atoms with Crippen molar-refractivity contribution in [1.29, 1.82) is 0 Å². The van der Waals surface area contributed by atoms with Gasteiger partial charge in [0.05, 0.1) is 25.9 Å². The molecule has 0 atom stereocenters. The van der Waals surface area contributed by atoms with Crippen LogP contribution in [0.1, 0.15) is 34.0 Å². The van der Waals surface area contributed by atoms with Gasteiger partial charge in [0.1, 0.15) is 11.5 Å². The monoisotopic (exact) mass is 423 g/mol. The normalized spacial score (nSPS) is 12.4. The van der Waals surface area contributed by atoms with Gasteiger partial charge in [-0.2, -0.15) is 0 Å². The molecule has 0 spiro atoms. The molecule has 0 N–H and O–H groups in total. The molecule has 0 unspecified atom stereocenters. The number of hydrogen-bond donors (Lipinski definition) is 0. The Morgan fingerprint density at radius 1 is 0.812 bits per heavy atom. The van der Waals surface area contributed by atoms with Crippen molar-refractivity contribution in [1.82, 2.24) is 0 Å². The predicted octanol–water partition coefficient (Wildman–Crippen LogP) is 6.00. The van der Waals surface area contributed by atoms with Gasteiger partial charge in [-0.15, -0.1) is 0 Å². The summed E-state index contributed by atoms with van der Waals surface area (Å²) >= 11 is 0. The second-order valence-electron chi connectivity index (χ2n) is 7.97. The molecule has 1 amide bonds. The zero-order chi connectivity index (χ0) is 22.1. The van der Waals surface area contributed by atoms with E-state index >= 15 is 0 Å². The number of amides is 1. The van der Waals surface area contributed by atoms with E-state index in [1.807, 2.05) is 66.4 Å². The first-order valence-corrected chi connectivity index (χ1v) is 10.9. The van der Waals surface area contributed by atoms with Gasteiger partial charge in [0.25, 0.3) is 5.91 Å². The Balaban J connectivity index is 1.47. The van der Waals surface area contributed by atoms with Crippen LogP contribution in [0.2, 0.25) is 0 Å². The highest BCUT2D eigenvalue weighted by Gasteiger charge is 2.30. The summed E-state index contributed by atoms with van der Waals surface area (Å²) in [6.45, 7) is 3.18. The SMILES string of the molecule is CCOc1ccc(Cc2ccc3c4c(cccc24)N(Cc2ccc(OC)cc2)C3=O)cc1. The lowest BCUT2D eigenvalue weighted by molar-refractivity contribution is 0.0991. The molecule has 1 aliphatic heterocycles. The first-order chi connectivity index (χ1) is 15.7. The van der Waals surface area contributed by atoms with Crippen molar-refractivity contribution in [2.45, 2.75) is 19.9 Å². The van der Waals surface area contributed by atoms with E-state index in [1.165, 1.54) is 11.1 Å². The highest BCUT2D eigenvalue weighted by atomic mass is 16.5. The lowest BCUT2D eigenvalue weighted by Gasteiger charge is -2.18. The van der Waals surface area contributed by atoms with Gasteiger partial charge in [-0.3, -0.25) is 4.79 Å². The van der Waals surface area contributed by atoms with Crippen molar-refractivity contribution in [2.24, 2.45) is 0 Å². The maximum absolute atomic E-state index is 13.3. The molecule has 0 saturated heterocycles. The van der Waals surface area contributed by atoms with Crippen LogP contribution < -0.4 is 14.4 Å². The molecular weight excluding hydrogens is 398 g/mol. The standard InChI is InChI=1S/C28H25NO3/c1-3-32-23-14-7-19(8-15-23)17-21-11-16-25-27-24(21)5-4-6-26(27)29(28(25)30)18-20-9-12-22(31-2)13-10-20/h4-16H,3,17-18H2,1-2H3. The van der Waals surface area contributed by atoms with Crippen molar-refractivity contribution in [2.75, 3.05) is 18.6 Å². The summed E-state index contributed by atoms with van der Waals surface area (Å²) in [6.07, 6.45) is 0.805. The van der Waals surface area contributed by atoms with E-state index in [1.54, 1.807) is 7.11 Å². The smallest absolute Gasteiger partial charge is 0.259 e. The highest BCUT2D eigenvalue weighted by molar-refractivity contribution is 6.25. The van der Waals surface area contributed by atoms with Gasteiger partial charge in [0.15, 0.2) is 0 Å². The average molecular weight is 424 g/mol. The first-order valence-electron chi connectivity index (χ1n) is 10.9. The topological polar surface area (TPSA) is 38.8 Å². The number of methoxy groups -OCH3 is 1. The molecule has 0 aliphatic carbocycles. The van der Waals surface area contributed by atoms with Gasteiger partial charge in [0, 0.05) is 10.9 Å². The summed E-state index contributed by atoms with van der Waals surface area (Å²) < 4.78 is 10.8. The third-order valence-corrected chi connectivity index (χ3v) is 6.00. The molecule has 4 aromatic rings. The van der Waals surface area contributed by atoms with Crippen LogP contribution in [0.3, 0.4) is 0 Å². The van der Waals surface area contributed by atoms with Gasteiger partial charge >= 0.3 is 0 Å². The van der Waals surface area contributed by atoms with E-state index in [4.69, 9.17) is 9.47 Å². The maximum Gasteiger partial charge on any atom is 0.259 e. The van der Waals surface area contributed by atoms with Gasteiger partial charge in [-0.05, 0) is 71.8 Å². The fourth-order valence-corrected chi connectivity index (χ4v) is 4.42. The molecule has 0 fully saturated rings. The second kappa shape index (κ2) is 8.39. The van der Waals surface area contributed by atoms with Crippen molar-refractivity contribution in [3.63, 3.8) is 0 Å². The molecule has 1 aliphatic rings. The number of carbonyl (C=O) groups is 1. The van der Waals surface area contributed by atoms with Crippen molar-refractivity contribution < 1.29 is 14.3 Å². The van der Waals surface area contributed by atoms with Gasteiger partial charge in [-0.25, -0.2) is 0 Å². The number of anilines is 1. The molecule has 4 aromatic carbocycles. The number of carbonyl (C=O) groups excluding carboxylic acids is 1. The van der Waals surface area contributed by atoms with E-state index in [0.717, 1.165) is 45.5 Å². The lowest BCUT2D eigenvalue weighted by Crippen LogP contribution is -2.25. The van der Waals surface area contributed by atoms with Crippen molar-refractivity contribution in [3.8, 4) is 11.5 Å². The van der Waals surface area contributed by atoms with Crippen LogP contribution in [-0.2, 0) is 13.0 Å². The number of rotatable bonds is 7. The van der Waals surface area contributed by atoms with Crippen LogP contribution in [0.4, 0.5) is 5.69 Å². The molecule has 32 heavy (non-hydrogen) atoms. The highest BCUT2D eigenvalue weighted by Crippen LogP contribution is 2.40. The third-order valence-electron chi connectivity index (χ3n) is 6.00. The van der Waals surface area contributed by atoms with Gasteiger partial charge in [-0.1, -0.05) is 42.5 Å². The summed E-state index contributed by atoms with van der Waals surface area (Å²) in [4.78, 5) is 15.1. The molecular formula is C28H25NO3. The zero-order valence-electron chi connectivity index (χ0n) is 18.3. The summed E-state index contributed by atoms with van der Waals surface area (Å²) in [5.41, 5.74) is 5.26. The fraction of sp³-hybridized carbons (Fsp3) is 0.179. The van der Waals surface area contributed by atoms with Crippen LogP contribution >= 0.6 is 0 Å². The molecule has 0 saturated carbocycles. The summed E-state index contributed by atoms with van der Waals surface area (Å²) in [6, 6.07) is 26.4. The number of nitrogens with zero attached hydrogens (tertiary/aromatic N) is 1. The molecule has 160 valence electrons. The minimum atomic E-state index is 0.0552. The molecule has 0 radical (unpaired) electrons. The minimum absolute atomic E-state index is 0.0552. The minimum Gasteiger partial charge on any atom is -0.497 e. The Hall–Kier alpha value is -3.79. The van der Waals surface area contributed by atoms with Crippen LogP contribution in [0.25, 0.3) is 10.8 Å². The number of ether oxygens (including phenoxy) is 2. The maximum atomic E-state index is 13.3. The van der Waals surface area contributed by atoms with Gasteiger partial charge in [0.2, 0.25) is 0 Å². The lowest BCUT2D eigenvalue weighted by atomic mass is 9.95. The van der Waals surface area contributed by atoms with Gasteiger partial charge < -0.3 is 14.4 Å². The number of hydrogen-bond acceptors (Lipinski definition) is 3. The van der Waals surface area contributed by atoms with E-state index in [9.17, 15) is 4.79 Å². The fourth-order valence-electron chi connectivity index (χ4n) is 4.42. The Morgan fingerprint density at radius 2 is 1.53 bits per heavy atom. The molecule has 1 heterocycles. The zero-order valence-corrected chi connectivity index (χ0v) is 18.3. The molecule has 5 rings (SSSR count). The molecule has 4 heteroatoms. The third kappa shape index (κ3) is 3.58. The molecule has 0 bridgehead atoms. The Kier molecular flexibility index (Phi) is 5.28. The summed E-state index contributed by atoms with van der Waals surface area (Å²) in [5.74, 6) is 1.75. The average Bonchev–Trinajstić information content (AvgIpc) is 3.10. The summed E-state index contributed by atoms with van der Waals surface area (Å²) in [7, 11) is 1.65. The van der Waals surface area contributed by atoms with Crippen LogP contribution in [0.15, 0.2) is 78.9 Å². The van der Waals surface area contributed by atoms with Crippen LogP contribution in [-0.4, -0.2) is 19.6 Å². The summed E-state index contributed by atoms with van der Waals surface area (Å²) in [5, 5.41) is 2.19. The Morgan fingerprint density at radius 3 is 2.25 bits per heavy atom. The quantitative estimate of drug-likeness (QED) is 0.366. The Labute approximate surface area is 188 Å². The van der Waals surface area contributed by atoms with Crippen molar-refractivity contribution >= 4 is 22.4 Å². The van der Waals surface area contributed by atoms with E-state index in [0.29, 0.717) is 13.2 Å². The van der Waals surface area contributed by atoms with E-state index in [-0.39, 0.29) is 5.91 Å². The molecule has 4 nitrogen and oxygen atoms in total. The van der Waals surface area contributed by atoms with E-state index < -0.39 is 0 Å². The Bertz CT molecular complexity index is 1280. The van der Waals surface area contributed by atoms with E-state index in [2.05, 4.69) is 24.3 Å². The van der Waals surface area contributed by atoms with Crippen LogP contribution in [0.5, 0.6) is 11.5 Å².